The quantitative estimate of drug-likeness (QED) is 0.353. The molecule has 0 aliphatic rings. The monoisotopic (exact) mass is 412 g/mol. The van der Waals surface area contributed by atoms with Crippen molar-refractivity contribution in [3.8, 4) is 11.5 Å². The number of rotatable bonds is 6. The first kappa shape index (κ1) is 20.3. The maximum absolute atomic E-state index is 12.2. The van der Waals surface area contributed by atoms with E-state index in [4.69, 9.17) is 40.2 Å². The number of carbonyl (C=O) groups is 1. The molecule has 0 radical (unpaired) electrons. The van der Waals surface area contributed by atoms with Crippen molar-refractivity contribution in [3.63, 3.8) is 0 Å². The summed E-state index contributed by atoms with van der Waals surface area (Å²) in [5, 5.41) is 15.5. The van der Waals surface area contributed by atoms with E-state index in [1.807, 2.05) is 0 Å². The maximum Gasteiger partial charge on any atom is 0.257 e. The van der Waals surface area contributed by atoms with Crippen molar-refractivity contribution < 1.29 is 14.6 Å². The predicted molar refractivity (Wildman–Crippen MR) is 109 cm³/mol. The number of benzene rings is 2. The van der Waals surface area contributed by atoms with Gasteiger partial charge in [-0.3, -0.25) is 10.1 Å². The third kappa shape index (κ3) is 5.76. The zero-order valence-electron chi connectivity index (χ0n) is 14.0. The van der Waals surface area contributed by atoms with Gasteiger partial charge in [0.15, 0.2) is 10.9 Å². The molecule has 0 unspecified atom stereocenters. The van der Waals surface area contributed by atoms with E-state index in [1.165, 1.54) is 12.1 Å². The van der Waals surface area contributed by atoms with Crippen LogP contribution < -0.4 is 15.4 Å². The van der Waals surface area contributed by atoms with E-state index in [1.54, 1.807) is 24.3 Å². The van der Waals surface area contributed by atoms with Crippen molar-refractivity contribution in [2.45, 2.75) is 19.8 Å². The number of halogens is 2. The molecule has 0 aliphatic heterocycles. The van der Waals surface area contributed by atoms with Crippen LogP contribution in [0.15, 0.2) is 36.4 Å². The number of aromatic hydroxyl groups is 1. The van der Waals surface area contributed by atoms with Crippen LogP contribution in [0, 0.1) is 0 Å². The Bertz CT molecular complexity index is 798. The standard InChI is InChI=1S/C18H18Cl2N2O3S/c1-2-3-8-25-13-6-4-11(5-7-13)17(24)22-18(26)21-15-10-12(19)9-14(20)16(15)23/h4-7,9-10,23H,2-3,8H2,1H3,(H2,21,22,24,26). The number of nitrogens with one attached hydrogen (secondary N) is 2. The van der Waals surface area contributed by atoms with Gasteiger partial charge in [-0.1, -0.05) is 36.5 Å². The van der Waals surface area contributed by atoms with Crippen LogP contribution >= 0.6 is 35.4 Å². The van der Waals surface area contributed by atoms with E-state index in [9.17, 15) is 9.90 Å². The number of ether oxygens (including phenoxy) is 1. The second-order valence-electron chi connectivity index (χ2n) is 5.42. The van der Waals surface area contributed by atoms with Gasteiger partial charge in [0, 0.05) is 10.6 Å². The molecular formula is C18H18Cl2N2O3S. The highest BCUT2D eigenvalue weighted by molar-refractivity contribution is 7.80. The molecule has 0 fully saturated rings. The molecule has 0 heterocycles. The fourth-order valence-corrected chi connectivity index (χ4v) is 2.72. The minimum Gasteiger partial charge on any atom is -0.504 e. The average Bonchev–Trinajstić information content (AvgIpc) is 2.60. The van der Waals surface area contributed by atoms with E-state index in [0.29, 0.717) is 22.9 Å². The number of thiocarbonyl (C=S) groups is 1. The van der Waals surface area contributed by atoms with Crippen LogP contribution in [-0.4, -0.2) is 22.7 Å². The number of unbranched alkanes of at least 4 members (excludes halogenated alkanes) is 1. The Morgan fingerprint density at radius 3 is 2.58 bits per heavy atom. The van der Waals surface area contributed by atoms with E-state index < -0.39 is 5.91 Å². The number of carbonyl (C=O) groups excluding carboxylic acids is 1. The highest BCUT2D eigenvalue weighted by Gasteiger charge is 2.12. The van der Waals surface area contributed by atoms with Crippen LogP contribution in [0.5, 0.6) is 11.5 Å². The summed E-state index contributed by atoms with van der Waals surface area (Å²) in [5.41, 5.74) is 0.623. The van der Waals surface area contributed by atoms with Crippen molar-refractivity contribution in [1.82, 2.24) is 5.32 Å². The zero-order valence-corrected chi connectivity index (χ0v) is 16.3. The lowest BCUT2D eigenvalue weighted by molar-refractivity contribution is 0.0977. The summed E-state index contributed by atoms with van der Waals surface area (Å²) in [5.74, 6) is 0.102. The first-order valence-electron chi connectivity index (χ1n) is 7.94. The highest BCUT2D eigenvalue weighted by atomic mass is 35.5. The van der Waals surface area contributed by atoms with Crippen molar-refractivity contribution in [1.29, 1.82) is 0 Å². The minimum absolute atomic E-state index is 0.00639. The van der Waals surface area contributed by atoms with Crippen LogP contribution in [0.4, 0.5) is 5.69 Å². The first-order valence-corrected chi connectivity index (χ1v) is 9.10. The Morgan fingerprint density at radius 1 is 1.23 bits per heavy atom. The molecule has 26 heavy (non-hydrogen) atoms. The molecule has 2 aromatic carbocycles. The second-order valence-corrected chi connectivity index (χ2v) is 6.67. The number of anilines is 1. The SMILES string of the molecule is CCCCOc1ccc(C(=O)NC(=S)Nc2cc(Cl)cc(Cl)c2O)cc1. The topological polar surface area (TPSA) is 70.6 Å². The molecule has 2 aromatic rings. The molecule has 3 N–H and O–H groups in total. The maximum atomic E-state index is 12.2. The number of amides is 1. The van der Waals surface area contributed by atoms with Crippen LogP contribution in [-0.2, 0) is 0 Å². The largest absolute Gasteiger partial charge is 0.504 e. The predicted octanol–water partition coefficient (Wildman–Crippen LogP) is 5.00. The van der Waals surface area contributed by atoms with Crippen LogP contribution in [0.3, 0.4) is 0 Å². The third-order valence-electron chi connectivity index (χ3n) is 3.39. The highest BCUT2D eigenvalue weighted by Crippen LogP contribution is 2.34. The van der Waals surface area contributed by atoms with Crippen molar-refractivity contribution >= 4 is 52.1 Å². The molecule has 8 heteroatoms. The smallest absolute Gasteiger partial charge is 0.257 e. The van der Waals surface area contributed by atoms with Gasteiger partial charge < -0.3 is 15.2 Å². The molecule has 1 amide bonds. The van der Waals surface area contributed by atoms with Crippen molar-refractivity contribution in [2.24, 2.45) is 0 Å². The molecule has 0 bridgehead atoms. The Hall–Kier alpha value is -2.02. The molecular weight excluding hydrogens is 395 g/mol. The molecule has 0 spiro atoms. The summed E-state index contributed by atoms with van der Waals surface area (Å²) in [4.78, 5) is 12.2. The van der Waals surface area contributed by atoms with E-state index in [2.05, 4.69) is 17.6 Å². The lowest BCUT2D eigenvalue weighted by Gasteiger charge is -2.12. The van der Waals surface area contributed by atoms with Crippen LogP contribution in [0.1, 0.15) is 30.1 Å². The fourth-order valence-electron chi connectivity index (χ4n) is 2.03. The summed E-state index contributed by atoms with van der Waals surface area (Å²) in [7, 11) is 0. The molecule has 5 nitrogen and oxygen atoms in total. The van der Waals surface area contributed by atoms with Gasteiger partial charge in [-0.05, 0) is 55.0 Å². The Morgan fingerprint density at radius 2 is 1.92 bits per heavy atom. The molecule has 0 saturated carbocycles. The molecule has 0 aliphatic carbocycles. The third-order valence-corrected chi connectivity index (χ3v) is 4.10. The molecule has 0 saturated heterocycles. The summed E-state index contributed by atoms with van der Waals surface area (Å²) < 4.78 is 5.55. The Labute approximate surface area is 167 Å². The average molecular weight is 413 g/mol. The van der Waals surface area contributed by atoms with Gasteiger partial charge in [0.2, 0.25) is 0 Å². The van der Waals surface area contributed by atoms with E-state index >= 15 is 0 Å². The molecule has 0 atom stereocenters. The van der Waals surface area contributed by atoms with Gasteiger partial charge in [0.25, 0.3) is 5.91 Å². The van der Waals surface area contributed by atoms with E-state index in [0.717, 1.165) is 12.8 Å². The number of phenolic OH excluding ortho intramolecular Hbond substituents is 1. The number of hydrogen-bond donors (Lipinski definition) is 3. The first-order chi connectivity index (χ1) is 12.4. The van der Waals surface area contributed by atoms with Crippen molar-refractivity contribution in [3.05, 3.63) is 52.0 Å². The van der Waals surface area contributed by atoms with Crippen molar-refractivity contribution in [2.75, 3.05) is 11.9 Å². The summed E-state index contributed by atoms with van der Waals surface area (Å²) in [6, 6.07) is 9.59. The van der Waals surface area contributed by atoms with Gasteiger partial charge in [0.1, 0.15) is 5.75 Å². The molecule has 0 aromatic heterocycles. The summed E-state index contributed by atoms with van der Waals surface area (Å²) in [6.45, 7) is 2.73. The van der Waals surface area contributed by atoms with E-state index in [-0.39, 0.29) is 21.6 Å². The molecule has 2 rings (SSSR count). The molecule has 138 valence electrons. The van der Waals surface area contributed by atoms with Crippen LogP contribution in [0.2, 0.25) is 10.0 Å². The summed E-state index contributed by atoms with van der Waals surface area (Å²) in [6.07, 6.45) is 2.03. The normalized spacial score (nSPS) is 10.3. The summed E-state index contributed by atoms with van der Waals surface area (Å²) >= 11 is 16.8. The number of hydrogen-bond acceptors (Lipinski definition) is 4. The zero-order chi connectivity index (χ0) is 19.1. The van der Waals surface area contributed by atoms with Gasteiger partial charge >= 0.3 is 0 Å². The van der Waals surface area contributed by atoms with Gasteiger partial charge in [-0.2, -0.15) is 0 Å². The van der Waals surface area contributed by atoms with Gasteiger partial charge in [-0.25, -0.2) is 0 Å². The lowest BCUT2D eigenvalue weighted by atomic mass is 10.2. The minimum atomic E-state index is -0.393. The van der Waals surface area contributed by atoms with Crippen LogP contribution in [0.25, 0.3) is 0 Å². The second kappa shape index (κ2) is 9.62. The van der Waals surface area contributed by atoms with Gasteiger partial charge in [0.05, 0.1) is 17.3 Å². The Balaban J connectivity index is 1.96. The Kier molecular flexibility index (Phi) is 7.50. The fraction of sp³-hybridized carbons (Fsp3) is 0.222. The van der Waals surface area contributed by atoms with Gasteiger partial charge in [-0.15, -0.1) is 0 Å². The number of phenols is 1. The lowest BCUT2D eigenvalue weighted by Crippen LogP contribution is -2.34.